The van der Waals surface area contributed by atoms with E-state index in [1.54, 1.807) is 12.1 Å². The Hall–Kier alpha value is -1.52. The van der Waals surface area contributed by atoms with Crippen molar-refractivity contribution in [1.29, 1.82) is 0 Å². The second kappa shape index (κ2) is 4.05. The molecule has 1 aromatic carbocycles. The van der Waals surface area contributed by atoms with Crippen LogP contribution in [0, 0.1) is 5.82 Å². The Bertz CT molecular complexity index is 683. The van der Waals surface area contributed by atoms with Gasteiger partial charge in [-0.3, -0.25) is 4.79 Å². The summed E-state index contributed by atoms with van der Waals surface area (Å²) in [5, 5.41) is 2.79. The van der Waals surface area contributed by atoms with E-state index in [-0.39, 0.29) is 11.6 Å². The first-order valence-corrected chi connectivity index (χ1v) is 6.71. The SMILES string of the molecule is O=C(c1cccs1)c1cc2ccc(F)cc2s1. The first-order valence-electron chi connectivity index (χ1n) is 5.01. The first kappa shape index (κ1) is 10.6. The highest BCUT2D eigenvalue weighted by Crippen LogP contribution is 2.28. The van der Waals surface area contributed by atoms with Crippen molar-refractivity contribution in [2.75, 3.05) is 0 Å². The van der Waals surface area contributed by atoms with E-state index in [1.165, 1.54) is 34.8 Å². The summed E-state index contributed by atoms with van der Waals surface area (Å²) in [6, 6.07) is 10.1. The molecule has 0 atom stereocenters. The normalized spacial score (nSPS) is 10.9. The lowest BCUT2D eigenvalue weighted by atomic mass is 10.2. The fourth-order valence-corrected chi connectivity index (χ4v) is 3.43. The van der Waals surface area contributed by atoms with Crippen molar-refractivity contribution >= 4 is 38.5 Å². The van der Waals surface area contributed by atoms with Gasteiger partial charge in [-0.15, -0.1) is 22.7 Å². The predicted octanol–water partition coefficient (Wildman–Crippen LogP) is 4.33. The first-order chi connectivity index (χ1) is 8.24. The number of halogens is 1. The van der Waals surface area contributed by atoms with Crippen LogP contribution >= 0.6 is 22.7 Å². The highest BCUT2D eigenvalue weighted by molar-refractivity contribution is 7.22. The smallest absolute Gasteiger partial charge is 0.212 e. The van der Waals surface area contributed by atoms with Crippen molar-refractivity contribution in [1.82, 2.24) is 0 Å². The summed E-state index contributed by atoms with van der Waals surface area (Å²) in [5.74, 6) is -0.254. The molecule has 0 saturated carbocycles. The molecule has 0 unspecified atom stereocenters. The molecule has 1 nitrogen and oxygen atoms in total. The molecule has 0 radical (unpaired) electrons. The van der Waals surface area contributed by atoms with Crippen molar-refractivity contribution in [3.63, 3.8) is 0 Å². The molecule has 3 aromatic rings. The van der Waals surface area contributed by atoms with Crippen molar-refractivity contribution in [2.24, 2.45) is 0 Å². The van der Waals surface area contributed by atoms with Gasteiger partial charge in [-0.1, -0.05) is 12.1 Å². The highest BCUT2D eigenvalue weighted by Gasteiger charge is 2.13. The Labute approximate surface area is 105 Å². The Morgan fingerprint density at radius 2 is 2.00 bits per heavy atom. The monoisotopic (exact) mass is 262 g/mol. The Morgan fingerprint density at radius 1 is 1.12 bits per heavy atom. The van der Waals surface area contributed by atoms with Crippen molar-refractivity contribution in [3.05, 3.63) is 57.3 Å². The van der Waals surface area contributed by atoms with Crippen LogP contribution in [0.4, 0.5) is 4.39 Å². The third kappa shape index (κ3) is 1.90. The minimum Gasteiger partial charge on any atom is -0.287 e. The molecule has 0 N–H and O–H groups in total. The summed E-state index contributed by atoms with van der Waals surface area (Å²) < 4.78 is 13.9. The predicted molar refractivity (Wildman–Crippen MR) is 69.5 cm³/mol. The van der Waals surface area contributed by atoms with Crippen LogP contribution in [0.2, 0.25) is 0 Å². The van der Waals surface area contributed by atoms with Crippen molar-refractivity contribution < 1.29 is 9.18 Å². The molecule has 2 heterocycles. The number of benzene rings is 1. The van der Waals surface area contributed by atoms with Gasteiger partial charge in [0.1, 0.15) is 5.82 Å². The lowest BCUT2D eigenvalue weighted by Gasteiger charge is -1.90. The van der Waals surface area contributed by atoms with Gasteiger partial charge >= 0.3 is 0 Å². The van der Waals surface area contributed by atoms with Gasteiger partial charge in [-0.25, -0.2) is 4.39 Å². The van der Waals surface area contributed by atoms with E-state index in [1.807, 2.05) is 17.5 Å². The average Bonchev–Trinajstić information content (AvgIpc) is 2.96. The summed E-state index contributed by atoms with van der Waals surface area (Å²) in [7, 11) is 0. The van der Waals surface area contributed by atoms with Crippen LogP contribution in [-0.4, -0.2) is 5.78 Å². The Kier molecular flexibility index (Phi) is 2.53. The lowest BCUT2D eigenvalue weighted by Crippen LogP contribution is -1.93. The summed E-state index contributed by atoms with van der Waals surface area (Å²) >= 11 is 2.76. The standard InChI is InChI=1S/C13H7FOS2/c14-9-4-3-8-6-12(17-11(8)7-9)13(15)10-2-1-5-16-10/h1-7H. The van der Waals surface area contributed by atoms with Crippen LogP contribution in [0.15, 0.2) is 41.8 Å². The molecular weight excluding hydrogens is 255 g/mol. The molecule has 0 amide bonds. The van der Waals surface area contributed by atoms with Crippen LogP contribution in [0.25, 0.3) is 10.1 Å². The molecule has 0 fully saturated rings. The number of thiophene rings is 2. The Morgan fingerprint density at radius 3 is 2.76 bits per heavy atom. The molecular formula is C13H7FOS2. The average molecular weight is 262 g/mol. The Balaban J connectivity index is 2.09. The van der Waals surface area contributed by atoms with E-state index in [9.17, 15) is 9.18 Å². The molecule has 3 rings (SSSR count). The number of ketones is 1. The van der Waals surface area contributed by atoms with Gasteiger partial charge in [0.25, 0.3) is 0 Å². The van der Waals surface area contributed by atoms with Gasteiger partial charge < -0.3 is 0 Å². The topological polar surface area (TPSA) is 17.1 Å². The van der Waals surface area contributed by atoms with Crippen LogP contribution in [0.1, 0.15) is 14.5 Å². The number of rotatable bonds is 2. The lowest BCUT2D eigenvalue weighted by molar-refractivity contribution is 0.104. The summed E-state index contributed by atoms with van der Waals surface area (Å²) in [6.07, 6.45) is 0. The number of fused-ring (bicyclic) bond motifs is 1. The van der Waals surface area contributed by atoms with Gasteiger partial charge in [0.05, 0.1) is 9.75 Å². The zero-order valence-electron chi connectivity index (χ0n) is 8.64. The van der Waals surface area contributed by atoms with Gasteiger partial charge in [-0.05, 0) is 35.0 Å². The third-order valence-electron chi connectivity index (χ3n) is 2.45. The van der Waals surface area contributed by atoms with E-state index in [4.69, 9.17) is 0 Å². The fourth-order valence-electron chi connectivity index (χ4n) is 1.65. The van der Waals surface area contributed by atoms with Gasteiger partial charge in [0.2, 0.25) is 5.78 Å². The van der Waals surface area contributed by atoms with E-state index >= 15 is 0 Å². The zero-order valence-corrected chi connectivity index (χ0v) is 10.3. The molecule has 4 heteroatoms. The molecule has 0 aliphatic rings. The van der Waals surface area contributed by atoms with Gasteiger partial charge in [0.15, 0.2) is 0 Å². The van der Waals surface area contributed by atoms with Crippen LogP contribution in [0.5, 0.6) is 0 Å². The molecule has 0 spiro atoms. The minimum absolute atomic E-state index is 0.0154. The summed E-state index contributed by atoms with van der Waals surface area (Å²) in [6.45, 7) is 0. The van der Waals surface area contributed by atoms with E-state index in [2.05, 4.69) is 0 Å². The number of hydrogen-bond acceptors (Lipinski definition) is 3. The fraction of sp³-hybridized carbons (Fsp3) is 0. The second-order valence-electron chi connectivity index (χ2n) is 3.60. The minimum atomic E-state index is -0.269. The van der Waals surface area contributed by atoms with Crippen LogP contribution in [0.3, 0.4) is 0 Å². The van der Waals surface area contributed by atoms with Gasteiger partial charge in [0, 0.05) is 4.70 Å². The van der Waals surface area contributed by atoms with E-state index < -0.39 is 0 Å². The molecule has 2 aromatic heterocycles. The maximum absolute atomic E-state index is 13.0. The number of carbonyl (C=O) groups excluding carboxylic acids is 1. The molecule has 0 aliphatic heterocycles. The number of carbonyl (C=O) groups is 1. The quantitative estimate of drug-likeness (QED) is 0.628. The molecule has 84 valence electrons. The maximum Gasteiger partial charge on any atom is 0.212 e. The maximum atomic E-state index is 13.0. The van der Waals surface area contributed by atoms with Crippen LogP contribution < -0.4 is 0 Å². The molecule has 0 saturated heterocycles. The van der Waals surface area contributed by atoms with Gasteiger partial charge in [-0.2, -0.15) is 0 Å². The van der Waals surface area contributed by atoms with Crippen molar-refractivity contribution in [2.45, 2.75) is 0 Å². The second-order valence-corrected chi connectivity index (χ2v) is 5.63. The third-order valence-corrected chi connectivity index (χ3v) is 4.42. The van der Waals surface area contributed by atoms with Crippen LogP contribution in [-0.2, 0) is 0 Å². The van der Waals surface area contributed by atoms with E-state index in [0.29, 0.717) is 4.88 Å². The largest absolute Gasteiger partial charge is 0.287 e. The van der Waals surface area contributed by atoms with E-state index in [0.717, 1.165) is 15.0 Å². The zero-order chi connectivity index (χ0) is 11.8. The van der Waals surface area contributed by atoms with Crippen molar-refractivity contribution in [3.8, 4) is 0 Å². The molecule has 0 aliphatic carbocycles. The molecule has 0 bridgehead atoms. The molecule has 17 heavy (non-hydrogen) atoms. The number of hydrogen-bond donors (Lipinski definition) is 0. The summed E-state index contributed by atoms with van der Waals surface area (Å²) in [4.78, 5) is 13.5. The summed E-state index contributed by atoms with van der Waals surface area (Å²) in [5.41, 5.74) is 0. The highest BCUT2D eigenvalue weighted by atomic mass is 32.1.